The summed E-state index contributed by atoms with van der Waals surface area (Å²) in [6.07, 6.45) is 3.49. The zero-order chi connectivity index (χ0) is 43.5. The third-order valence-electron chi connectivity index (χ3n) is 12.9. The first kappa shape index (κ1) is 49.2. The molecule has 5 heteroatoms. The van der Waals surface area contributed by atoms with Crippen LogP contribution in [0.1, 0.15) is 20.3 Å². The Morgan fingerprint density at radius 1 is 0.328 bits per heavy atom. The second-order valence-corrected chi connectivity index (χ2v) is 21.9. The van der Waals surface area contributed by atoms with Crippen LogP contribution in [0.4, 0.5) is 0 Å². The summed E-state index contributed by atoms with van der Waals surface area (Å²) in [6.45, 7) is 4.79. The topological polar surface area (TPSA) is 0 Å². The smallest absolute Gasteiger partial charge is 0.147 e. The zero-order valence-electron chi connectivity index (χ0n) is 37.6. The van der Waals surface area contributed by atoms with Crippen LogP contribution in [0.2, 0.25) is 0 Å². The van der Waals surface area contributed by atoms with Gasteiger partial charge in [0, 0.05) is 0 Å². The molecule has 0 nitrogen and oxygen atoms in total. The van der Waals surface area contributed by atoms with E-state index in [4.69, 9.17) is 0 Å². The van der Waals surface area contributed by atoms with E-state index in [-0.39, 0.29) is 37.2 Å². The van der Waals surface area contributed by atoms with Gasteiger partial charge in [0.25, 0.3) is 0 Å². The van der Waals surface area contributed by atoms with Crippen molar-refractivity contribution in [3.05, 3.63) is 257 Å². The third kappa shape index (κ3) is 9.97. The van der Waals surface area contributed by atoms with Gasteiger partial charge in [0.15, 0.2) is 0 Å². The number of allylic oxidation sites excluding steroid dienone is 4. The van der Waals surface area contributed by atoms with Crippen molar-refractivity contribution in [1.29, 1.82) is 0 Å². The fourth-order valence-corrected chi connectivity index (χ4v) is 16.5. The Balaban J connectivity index is 0.00000222. The maximum Gasteiger partial charge on any atom is -0.147 e. The van der Waals surface area contributed by atoms with Gasteiger partial charge in [0.05, 0.1) is 0 Å². The number of benzene rings is 9. The van der Waals surface area contributed by atoms with Crippen LogP contribution in [-0.2, 0) is 20.4 Å². The molecule has 0 aliphatic heterocycles. The molecule has 0 fully saturated rings. The van der Waals surface area contributed by atoms with Gasteiger partial charge in [0.2, 0.25) is 0 Å². The molecule has 0 atom stereocenters. The Kier molecular flexibility index (Phi) is 16.1. The van der Waals surface area contributed by atoms with Gasteiger partial charge in [-0.3, -0.25) is 0 Å². The minimum absolute atomic E-state index is 0. The predicted octanol–water partition coefficient (Wildman–Crippen LogP) is 15.8. The van der Waals surface area contributed by atoms with E-state index >= 15 is 0 Å². The van der Waals surface area contributed by atoms with Crippen molar-refractivity contribution >= 4 is 60.9 Å². The second kappa shape index (κ2) is 21.9. The van der Waals surface area contributed by atoms with Crippen LogP contribution in [0.5, 0.6) is 0 Å². The van der Waals surface area contributed by atoms with Crippen LogP contribution < -0.4 is 15.6 Å². The van der Waals surface area contributed by atoms with Gasteiger partial charge in [0.1, 0.15) is 0 Å². The molecular weight excluding hydrogens is 927 g/mol. The van der Waals surface area contributed by atoms with Gasteiger partial charge < -0.3 is 0 Å². The summed E-state index contributed by atoms with van der Waals surface area (Å²) >= 11 is 2.42. The summed E-state index contributed by atoms with van der Waals surface area (Å²) in [5.41, 5.74) is 16.1. The van der Waals surface area contributed by atoms with Crippen molar-refractivity contribution in [2.24, 2.45) is 5.92 Å². The summed E-state index contributed by atoms with van der Waals surface area (Å²) in [4.78, 5) is 0. The molecule has 9 aromatic carbocycles. The molecule has 329 valence electrons. The minimum Gasteiger partial charge on any atom is -0.147 e. The van der Waals surface area contributed by atoms with Gasteiger partial charge in [-0.2, -0.15) is 0 Å². The van der Waals surface area contributed by atoms with E-state index < -0.39 is 8.07 Å². The van der Waals surface area contributed by atoms with Crippen molar-refractivity contribution in [3.63, 3.8) is 0 Å². The molecule has 0 spiro atoms. The molecule has 1 aliphatic rings. The largest absolute Gasteiger partial charge is 0.147 e. The SMILES string of the molecule is CC(C)C1=CC[C]([Ti])=C1[Si](c1cc(-c2ccccc2)cc(-c2ccccc2)c1)(c1cc(-c2ccccc2)cc(-c2ccccc2)c1)c1cc(-c2ccccc2)cc(-c2ccccc2)c1.Cl.Cl.Cl. The molecule has 0 unspecified atom stereocenters. The average molecular weight is 979 g/mol. The standard InChI is InChI=1S/C62H49Si.3ClH.Ti/c1-45(2)61-34-21-35-62(61)63(58-39-52(46-22-9-3-10-23-46)36-53(40-58)47-24-11-4-12-25-47,59-41-54(48-26-13-5-14-27-48)37-55(42-59)49-28-15-6-16-29-49)60-43-56(50-30-17-7-18-31-50)38-57(44-60)51-32-19-8-20-33-51;;;;/h3-20,22-34,36-45H,21H2,1-2H3;3*1H;. The average Bonchev–Trinajstić information content (AvgIpc) is 3.77. The summed E-state index contributed by atoms with van der Waals surface area (Å²) in [5, 5.41) is 5.66. The summed E-state index contributed by atoms with van der Waals surface area (Å²) < 4.78 is 1.46. The van der Waals surface area contributed by atoms with Crippen molar-refractivity contribution in [3.8, 4) is 66.8 Å². The normalized spacial score (nSPS) is 12.1. The first-order valence-corrected chi connectivity index (χ1v) is 25.2. The molecule has 0 amide bonds. The van der Waals surface area contributed by atoms with Crippen molar-refractivity contribution in [2.75, 3.05) is 0 Å². The van der Waals surface area contributed by atoms with Crippen LogP contribution in [0.3, 0.4) is 0 Å². The Hall–Kier alpha value is -5.74. The molecule has 10 rings (SSSR count). The fourth-order valence-electron chi connectivity index (χ4n) is 9.81. The monoisotopic (exact) mass is 977 g/mol. The summed E-state index contributed by atoms with van der Waals surface area (Å²) in [7, 11) is -3.35. The Morgan fingerprint density at radius 3 is 0.761 bits per heavy atom. The Morgan fingerprint density at radius 2 is 0.552 bits per heavy atom. The van der Waals surface area contributed by atoms with E-state index in [1.54, 1.807) is 0 Å². The Labute approximate surface area is 428 Å². The van der Waals surface area contributed by atoms with E-state index in [0.29, 0.717) is 5.92 Å². The van der Waals surface area contributed by atoms with Crippen LogP contribution in [0.25, 0.3) is 66.8 Å². The molecule has 0 bridgehead atoms. The molecule has 0 saturated heterocycles. The molecule has 9 aromatic rings. The van der Waals surface area contributed by atoms with Gasteiger partial charge >= 0.3 is 394 Å². The van der Waals surface area contributed by atoms with E-state index in [1.165, 1.54) is 97.0 Å². The molecular formula is C62H52Cl3SiTi. The van der Waals surface area contributed by atoms with Gasteiger partial charge in [-0.25, -0.2) is 0 Å². The number of hydrogen-bond donors (Lipinski definition) is 0. The molecule has 0 aromatic heterocycles. The van der Waals surface area contributed by atoms with Crippen LogP contribution in [-0.4, -0.2) is 8.07 Å². The van der Waals surface area contributed by atoms with Gasteiger partial charge in [-0.15, -0.1) is 37.2 Å². The third-order valence-corrected chi connectivity index (χ3v) is 18.8. The van der Waals surface area contributed by atoms with Gasteiger partial charge in [-0.1, -0.05) is 0 Å². The fraction of sp³-hybridized carbons (Fsp3) is 0.0645. The first-order valence-electron chi connectivity index (χ1n) is 22.4. The quantitative estimate of drug-likeness (QED) is 0.0895. The van der Waals surface area contributed by atoms with E-state index in [9.17, 15) is 0 Å². The molecule has 0 heterocycles. The van der Waals surface area contributed by atoms with Crippen LogP contribution in [0, 0.1) is 5.92 Å². The molecule has 0 N–H and O–H groups in total. The number of hydrogen-bond acceptors (Lipinski definition) is 0. The Bertz CT molecular complexity index is 2660. The molecule has 0 radical (unpaired) electrons. The number of halogens is 3. The molecule has 1 aliphatic carbocycles. The number of rotatable bonds is 11. The second-order valence-electron chi connectivity index (χ2n) is 17.2. The summed E-state index contributed by atoms with van der Waals surface area (Å²) in [5.74, 6) is 0.321. The van der Waals surface area contributed by atoms with Crippen molar-refractivity contribution < 1.29 is 20.4 Å². The van der Waals surface area contributed by atoms with E-state index in [2.05, 4.69) is 277 Å². The minimum atomic E-state index is -3.35. The van der Waals surface area contributed by atoms with Crippen LogP contribution >= 0.6 is 37.2 Å². The van der Waals surface area contributed by atoms with Gasteiger partial charge in [-0.05, 0) is 0 Å². The maximum absolute atomic E-state index is 3.35. The van der Waals surface area contributed by atoms with Crippen molar-refractivity contribution in [1.82, 2.24) is 0 Å². The predicted molar refractivity (Wildman–Crippen MR) is 293 cm³/mol. The van der Waals surface area contributed by atoms with E-state index in [1.807, 2.05) is 0 Å². The molecule has 67 heavy (non-hydrogen) atoms. The van der Waals surface area contributed by atoms with Crippen molar-refractivity contribution in [2.45, 2.75) is 20.3 Å². The van der Waals surface area contributed by atoms with E-state index in [0.717, 1.165) is 6.42 Å². The first-order chi connectivity index (χ1) is 31.5. The molecule has 0 saturated carbocycles. The maximum atomic E-state index is 2.57. The zero-order valence-corrected chi connectivity index (χ0v) is 42.6. The van der Waals surface area contributed by atoms with Crippen LogP contribution in [0.15, 0.2) is 257 Å². The summed E-state index contributed by atoms with van der Waals surface area (Å²) in [6, 6.07) is 88.6.